The number of carbonyl (C=O) groups excluding carboxylic acids is 1. The van der Waals surface area contributed by atoms with Crippen LogP contribution >= 0.6 is 11.3 Å². The van der Waals surface area contributed by atoms with E-state index < -0.39 is 0 Å². The molecular formula is C15H17NOS. The van der Waals surface area contributed by atoms with Gasteiger partial charge in [0.1, 0.15) is 0 Å². The Balaban J connectivity index is 2.12. The van der Waals surface area contributed by atoms with E-state index in [9.17, 15) is 4.79 Å². The van der Waals surface area contributed by atoms with Crippen LogP contribution in [0.3, 0.4) is 0 Å². The van der Waals surface area contributed by atoms with Gasteiger partial charge in [-0.3, -0.25) is 4.79 Å². The fraction of sp³-hybridized carbons (Fsp3) is 0.267. The van der Waals surface area contributed by atoms with E-state index in [1.54, 1.807) is 11.3 Å². The van der Waals surface area contributed by atoms with Crippen molar-refractivity contribution in [1.29, 1.82) is 0 Å². The van der Waals surface area contributed by atoms with E-state index >= 15 is 0 Å². The Morgan fingerprint density at radius 1 is 1.22 bits per heavy atom. The zero-order valence-electron chi connectivity index (χ0n) is 10.9. The van der Waals surface area contributed by atoms with Crippen molar-refractivity contribution in [3.8, 4) is 0 Å². The number of aryl methyl sites for hydroxylation is 2. The Bertz CT molecular complexity index is 525. The molecule has 3 heteroatoms. The second-order valence-electron chi connectivity index (χ2n) is 4.59. The van der Waals surface area contributed by atoms with Crippen molar-refractivity contribution < 1.29 is 4.79 Å². The van der Waals surface area contributed by atoms with Crippen LogP contribution in [0.15, 0.2) is 35.7 Å². The number of amides is 1. The van der Waals surface area contributed by atoms with E-state index in [0.717, 1.165) is 16.7 Å². The van der Waals surface area contributed by atoms with Crippen molar-refractivity contribution in [3.63, 3.8) is 0 Å². The van der Waals surface area contributed by atoms with Crippen LogP contribution in [0.5, 0.6) is 0 Å². The minimum Gasteiger partial charge on any atom is -0.345 e. The molecule has 0 aliphatic carbocycles. The molecule has 1 aromatic heterocycles. The van der Waals surface area contributed by atoms with Gasteiger partial charge in [0.2, 0.25) is 0 Å². The molecule has 0 radical (unpaired) electrons. The third-order valence-electron chi connectivity index (χ3n) is 2.80. The Hall–Kier alpha value is -1.61. The highest BCUT2D eigenvalue weighted by molar-refractivity contribution is 7.10. The predicted octanol–water partition coefficient (Wildman–Crippen LogP) is 3.86. The zero-order chi connectivity index (χ0) is 13.1. The second-order valence-corrected chi connectivity index (χ2v) is 5.57. The molecule has 1 aromatic carbocycles. The molecule has 2 nitrogen and oxygen atoms in total. The van der Waals surface area contributed by atoms with E-state index in [1.165, 1.54) is 4.88 Å². The molecule has 0 bridgehead atoms. The molecule has 18 heavy (non-hydrogen) atoms. The monoisotopic (exact) mass is 259 g/mol. The topological polar surface area (TPSA) is 29.1 Å². The first-order valence-electron chi connectivity index (χ1n) is 5.99. The second kappa shape index (κ2) is 5.36. The maximum atomic E-state index is 12.1. The molecular weight excluding hydrogens is 242 g/mol. The zero-order valence-corrected chi connectivity index (χ0v) is 11.7. The summed E-state index contributed by atoms with van der Waals surface area (Å²) in [6.45, 7) is 6.02. The summed E-state index contributed by atoms with van der Waals surface area (Å²) in [6.07, 6.45) is 0. The summed E-state index contributed by atoms with van der Waals surface area (Å²) < 4.78 is 0. The molecule has 0 saturated heterocycles. The quantitative estimate of drug-likeness (QED) is 0.891. The largest absolute Gasteiger partial charge is 0.345 e. The molecule has 0 aliphatic rings. The average molecular weight is 259 g/mol. The standard InChI is InChI=1S/C15H17NOS/c1-10-7-11(2)9-13(8-10)15(17)16-12(3)14-5-4-6-18-14/h4-9,12H,1-3H3,(H,16,17). The van der Waals surface area contributed by atoms with Crippen LogP contribution in [0.2, 0.25) is 0 Å². The molecule has 0 spiro atoms. The van der Waals surface area contributed by atoms with Crippen molar-refractivity contribution in [3.05, 3.63) is 57.3 Å². The third kappa shape index (κ3) is 2.99. The normalized spacial score (nSPS) is 12.2. The molecule has 1 N–H and O–H groups in total. The van der Waals surface area contributed by atoms with Crippen LogP contribution in [0.4, 0.5) is 0 Å². The number of hydrogen-bond acceptors (Lipinski definition) is 2. The first kappa shape index (κ1) is 12.8. The highest BCUT2D eigenvalue weighted by Crippen LogP contribution is 2.19. The van der Waals surface area contributed by atoms with Gasteiger partial charge >= 0.3 is 0 Å². The molecule has 0 fully saturated rings. The van der Waals surface area contributed by atoms with Gasteiger partial charge in [-0.2, -0.15) is 0 Å². The molecule has 2 rings (SSSR count). The SMILES string of the molecule is Cc1cc(C)cc(C(=O)NC(C)c2cccs2)c1. The van der Waals surface area contributed by atoms with Crippen LogP contribution in [-0.4, -0.2) is 5.91 Å². The van der Waals surface area contributed by atoms with Gasteiger partial charge < -0.3 is 5.32 Å². The summed E-state index contributed by atoms with van der Waals surface area (Å²) in [4.78, 5) is 13.3. The minimum absolute atomic E-state index is 0.0114. The van der Waals surface area contributed by atoms with E-state index in [0.29, 0.717) is 0 Å². The molecule has 1 heterocycles. The number of nitrogens with one attached hydrogen (secondary N) is 1. The van der Waals surface area contributed by atoms with Crippen LogP contribution in [0, 0.1) is 13.8 Å². The van der Waals surface area contributed by atoms with Crippen molar-refractivity contribution in [2.24, 2.45) is 0 Å². The van der Waals surface area contributed by atoms with Crippen LogP contribution in [0.25, 0.3) is 0 Å². The molecule has 1 unspecified atom stereocenters. The maximum Gasteiger partial charge on any atom is 0.251 e. The lowest BCUT2D eigenvalue weighted by Crippen LogP contribution is -2.26. The summed E-state index contributed by atoms with van der Waals surface area (Å²) in [6, 6.07) is 10.0. The maximum absolute atomic E-state index is 12.1. The molecule has 94 valence electrons. The highest BCUT2D eigenvalue weighted by atomic mass is 32.1. The summed E-state index contributed by atoms with van der Waals surface area (Å²) >= 11 is 1.66. The lowest BCUT2D eigenvalue weighted by molar-refractivity contribution is 0.0940. The molecule has 1 atom stereocenters. The van der Waals surface area contributed by atoms with E-state index in [4.69, 9.17) is 0 Å². The van der Waals surface area contributed by atoms with E-state index in [1.807, 2.05) is 50.4 Å². The summed E-state index contributed by atoms with van der Waals surface area (Å²) in [5, 5.41) is 5.05. The van der Waals surface area contributed by atoms with E-state index in [2.05, 4.69) is 11.4 Å². The Labute approximate surface area is 112 Å². The molecule has 0 saturated carbocycles. The molecule has 0 aliphatic heterocycles. The van der Waals surface area contributed by atoms with Gasteiger partial charge in [0.05, 0.1) is 6.04 Å². The van der Waals surface area contributed by atoms with E-state index in [-0.39, 0.29) is 11.9 Å². The van der Waals surface area contributed by atoms with Gasteiger partial charge in [-0.1, -0.05) is 23.3 Å². The Morgan fingerprint density at radius 2 is 1.89 bits per heavy atom. The molecule has 1 amide bonds. The van der Waals surface area contributed by atoms with Gasteiger partial charge in [0.25, 0.3) is 5.91 Å². The minimum atomic E-state index is -0.0114. The van der Waals surface area contributed by atoms with Gasteiger partial charge in [-0.15, -0.1) is 11.3 Å². The number of carbonyl (C=O) groups is 1. The highest BCUT2D eigenvalue weighted by Gasteiger charge is 2.12. The lowest BCUT2D eigenvalue weighted by atomic mass is 10.1. The first-order chi connectivity index (χ1) is 8.56. The first-order valence-corrected chi connectivity index (χ1v) is 6.87. The Kier molecular flexibility index (Phi) is 3.82. The van der Waals surface area contributed by atoms with Crippen LogP contribution < -0.4 is 5.32 Å². The fourth-order valence-corrected chi connectivity index (χ4v) is 2.73. The number of benzene rings is 1. The smallest absolute Gasteiger partial charge is 0.251 e. The van der Waals surface area contributed by atoms with Gasteiger partial charge in [0, 0.05) is 10.4 Å². The van der Waals surface area contributed by atoms with Crippen molar-refractivity contribution in [1.82, 2.24) is 5.32 Å². The van der Waals surface area contributed by atoms with Crippen molar-refractivity contribution >= 4 is 17.2 Å². The number of rotatable bonds is 3. The van der Waals surface area contributed by atoms with Crippen molar-refractivity contribution in [2.75, 3.05) is 0 Å². The summed E-state index contributed by atoms with van der Waals surface area (Å²) in [7, 11) is 0. The van der Waals surface area contributed by atoms with Crippen LogP contribution in [0.1, 0.15) is 39.3 Å². The number of thiophene rings is 1. The number of hydrogen-bond donors (Lipinski definition) is 1. The Morgan fingerprint density at radius 3 is 2.44 bits per heavy atom. The van der Waals surface area contributed by atoms with Crippen LogP contribution in [-0.2, 0) is 0 Å². The predicted molar refractivity (Wildman–Crippen MR) is 76.1 cm³/mol. The lowest BCUT2D eigenvalue weighted by Gasteiger charge is -2.13. The third-order valence-corrected chi connectivity index (χ3v) is 3.86. The molecule has 2 aromatic rings. The van der Waals surface area contributed by atoms with Gasteiger partial charge in [-0.25, -0.2) is 0 Å². The van der Waals surface area contributed by atoms with Gasteiger partial charge in [0.15, 0.2) is 0 Å². The summed E-state index contributed by atoms with van der Waals surface area (Å²) in [5.41, 5.74) is 2.96. The average Bonchev–Trinajstić information content (AvgIpc) is 2.80. The summed E-state index contributed by atoms with van der Waals surface area (Å²) in [5.74, 6) is -0.0114. The van der Waals surface area contributed by atoms with Crippen molar-refractivity contribution in [2.45, 2.75) is 26.8 Å². The fourth-order valence-electron chi connectivity index (χ4n) is 1.99. The van der Waals surface area contributed by atoms with Gasteiger partial charge in [-0.05, 0) is 44.4 Å².